The first-order valence-corrected chi connectivity index (χ1v) is 8.22. The molecule has 2 rings (SSSR count). The van der Waals surface area contributed by atoms with Crippen LogP contribution in [0.1, 0.15) is 25.5 Å². The zero-order valence-electron chi connectivity index (χ0n) is 12.3. The third kappa shape index (κ3) is 3.37. The van der Waals surface area contributed by atoms with Crippen LogP contribution in [0.3, 0.4) is 0 Å². The highest BCUT2D eigenvalue weighted by molar-refractivity contribution is 9.10. The molecule has 0 amide bonds. The van der Waals surface area contributed by atoms with Gasteiger partial charge in [0.25, 0.3) is 0 Å². The minimum absolute atomic E-state index is 0.252. The lowest BCUT2D eigenvalue weighted by Gasteiger charge is -2.45. The average molecular weight is 361 g/mol. The van der Waals surface area contributed by atoms with Gasteiger partial charge in [-0.3, -0.25) is 9.80 Å². The maximum absolute atomic E-state index is 6.08. The standard InChI is InChI=1S/C15H23BrClN3/c1-10-8-20(9-11(2)19(10)3)15(7-18)12-4-5-14(17)13(16)6-12/h4-6,10-11,15H,7-9,18H2,1-3H3. The molecule has 0 radical (unpaired) electrons. The molecule has 3 unspecified atom stereocenters. The van der Waals surface area contributed by atoms with Crippen molar-refractivity contribution < 1.29 is 0 Å². The van der Waals surface area contributed by atoms with Crippen molar-refractivity contribution in [2.24, 2.45) is 5.73 Å². The summed E-state index contributed by atoms with van der Waals surface area (Å²) in [6, 6.07) is 7.45. The van der Waals surface area contributed by atoms with Crippen molar-refractivity contribution in [2.45, 2.75) is 32.0 Å². The first-order chi connectivity index (χ1) is 9.43. The zero-order valence-corrected chi connectivity index (χ0v) is 14.7. The van der Waals surface area contributed by atoms with E-state index in [2.05, 4.69) is 58.8 Å². The Hall–Kier alpha value is -0.130. The molecule has 1 heterocycles. The molecule has 3 nitrogen and oxygen atoms in total. The predicted molar refractivity (Wildman–Crippen MR) is 89.2 cm³/mol. The lowest BCUT2D eigenvalue weighted by molar-refractivity contribution is 0.0352. The van der Waals surface area contributed by atoms with Gasteiger partial charge >= 0.3 is 0 Å². The smallest absolute Gasteiger partial charge is 0.0548 e. The van der Waals surface area contributed by atoms with Crippen molar-refractivity contribution in [3.63, 3.8) is 0 Å². The summed E-state index contributed by atoms with van der Waals surface area (Å²) in [5, 5.41) is 0.740. The molecule has 1 aliphatic heterocycles. The van der Waals surface area contributed by atoms with Crippen molar-refractivity contribution in [1.82, 2.24) is 9.80 Å². The fourth-order valence-corrected chi connectivity index (χ4v) is 3.43. The second kappa shape index (κ2) is 6.75. The van der Waals surface area contributed by atoms with E-state index >= 15 is 0 Å². The monoisotopic (exact) mass is 359 g/mol. The van der Waals surface area contributed by atoms with E-state index in [4.69, 9.17) is 17.3 Å². The van der Waals surface area contributed by atoms with E-state index in [0.717, 1.165) is 22.6 Å². The lowest BCUT2D eigenvalue weighted by atomic mass is 10.0. The van der Waals surface area contributed by atoms with Crippen molar-refractivity contribution in [3.05, 3.63) is 33.3 Å². The number of nitrogens with zero attached hydrogens (tertiary/aromatic N) is 2. The molecular formula is C15H23BrClN3. The molecule has 1 aliphatic rings. The highest BCUT2D eigenvalue weighted by Crippen LogP contribution is 2.30. The largest absolute Gasteiger partial charge is 0.329 e. The third-order valence-corrected chi connectivity index (χ3v) is 5.59. The van der Waals surface area contributed by atoms with E-state index < -0.39 is 0 Å². The first-order valence-electron chi connectivity index (χ1n) is 7.05. The van der Waals surface area contributed by atoms with Crippen molar-refractivity contribution >= 4 is 27.5 Å². The van der Waals surface area contributed by atoms with Crippen molar-refractivity contribution in [2.75, 3.05) is 26.7 Å². The minimum Gasteiger partial charge on any atom is -0.329 e. The molecule has 1 aromatic carbocycles. The molecule has 0 aliphatic carbocycles. The zero-order chi connectivity index (χ0) is 14.9. The molecule has 0 aromatic heterocycles. The SMILES string of the molecule is CC1CN(C(CN)c2ccc(Cl)c(Br)c2)CC(C)N1C. The Balaban J connectivity index is 2.21. The molecule has 1 saturated heterocycles. The summed E-state index contributed by atoms with van der Waals surface area (Å²) in [6.45, 7) is 7.26. The lowest BCUT2D eigenvalue weighted by Crippen LogP contribution is -2.56. The van der Waals surface area contributed by atoms with E-state index in [0.29, 0.717) is 18.6 Å². The quantitative estimate of drug-likeness (QED) is 0.899. The Morgan fingerprint density at radius 2 is 1.95 bits per heavy atom. The van der Waals surface area contributed by atoms with Crippen LogP contribution in [0.25, 0.3) is 0 Å². The Labute approximate surface area is 135 Å². The molecule has 112 valence electrons. The number of piperazine rings is 1. The van der Waals surface area contributed by atoms with E-state index in [1.165, 1.54) is 5.56 Å². The van der Waals surface area contributed by atoms with Gasteiger partial charge in [-0.1, -0.05) is 17.7 Å². The van der Waals surface area contributed by atoms with Gasteiger partial charge in [0.2, 0.25) is 0 Å². The number of likely N-dealkylation sites (N-methyl/N-ethyl adjacent to an activating group) is 1. The molecule has 1 fully saturated rings. The third-order valence-electron chi connectivity index (χ3n) is 4.38. The van der Waals surface area contributed by atoms with Gasteiger partial charge in [0.05, 0.1) is 5.02 Å². The molecule has 5 heteroatoms. The second-order valence-electron chi connectivity index (χ2n) is 5.74. The summed E-state index contributed by atoms with van der Waals surface area (Å²) >= 11 is 9.58. The van der Waals surface area contributed by atoms with Crippen LogP contribution in [0.15, 0.2) is 22.7 Å². The summed E-state index contributed by atoms with van der Waals surface area (Å²) in [6.07, 6.45) is 0. The molecule has 2 N–H and O–H groups in total. The predicted octanol–water partition coefficient (Wildman–Crippen LogP) is 3.13. The van der Waals surface area contributed by atoms with Gasteiger partial charge in [-0.25, -0.2) is 0 Å². The summed E-state index contributed by atoms with van der Waals surface area (Å²) in [5.41, 5.74) is 7.28. The average Bonchev–Trinajstić information content (AvgIpc) is 2.41. The number of benzene rings is 1. The van der Waals surface area contributed by atoms with Gasteiger partial charge in [0.1, 0.15) is 0 Å². The Morgan fingerprint density at radius 1 is 1.35 bits per heavy atom. The number of nitrogens with two attached hydrogens (primary N) is 1. The van der Waals surface area contributed by atoms with Gasteiger partial charge in [-0.05, 0) is 54.5 Å². The minimum atomic E-state index is 0.252. The van der Waals surface area contributed by atoms with Crippen LogP contribution in [0.5, 0.6) is 0 Å². The highest BCUT2D eigenvalue weighted by atomic mass is 79.9. The maximum Gasteiger partial charge on any atom is 0.0548 e. The number of hydrogen-bond acceptors (Lipinski definition) is 3. The van der Waals surface area contributed by atoms with Crippen LogP contribution in [0.2, 0.25) is 5.02 Å². The van der Waals surface area contributed by atoms with E-state index in [9.17, 15) is 0 Å². The van der Waals surface area contributed by atoms with Crippen LogP contribution < -0.4 is 5.73 Å². The van der Waals surface area contributed by atoms with E-state index in [-0.39, 0.29) is 6.04 Å². The van der Waals surface area contributed by atoms with Crippen LogP contribution in [-0.2, 0) is 0 Å². The number of hydrogen-bond donors (Lipinski definition) is 1. The number of halogens is 2. The Kier molecular flexibility index (Phi) is 5.49. The van der Waals surface area contributed by atoms with E-state index in [1.54, 1.807) is 0 Å². The van der Waals surface area contributed by atoms with Gasteiger partial charge < -0.3 is 5.73 Å². The van der Waals surface area contributed by atoms with E-state index in [1.807, 2.05) is 6.07 Å². The van der Waals surface area contributed by atoms with Crippen molar-refractivity contribution in [3.8, 4) is 0 Å². The van der Waals surface area contributed by atoms with Gasteiger partial charge in [-0.2, -0.15) is 0 Å². The maximum atomic E-state index is 6.08. The van der Waals surface area contributed by atoms with Crippen LogP contribution >= 0.6 is 27.5 Å². The highest BCUT2D eigenvalue weighted by Gasteiger charge is 2.31. The van der Waals surface area contributed by atoms with Crippen molar-refractivity contribution in [1.29, 1.82) is 0 Å². The molecule has 1 aromatic rings. The summed E-state index contributed by atoms with van der Waals surface area (Å²) < 4.78 is 0.936. The summed E-state index contributed by atoms with van der Waals surface area (Å²) in [4.78, 5) is 4.92. The Morgan fingerprint density at radius 3 is 2.45 bits per heavy atom. The second-order valence-corrected chi connectivity index (χ2v) is 7.00. The molecule has 0 saturated carbocycles. The molecule has 0 bridgehead atoms. The molecule has 20 heavy (non-hydrogen) atoms. The van der Waals surface area contributed by atoms with Gasteiger partial charge in [0.15, 0.2) is 0 Å². The molecule has 0 spiro atoms. The van der Waals surface area contributed by atoms with Crippen LogP contribution in [0, 0.1) is 0 Å². The molecule has 3 atom stereocenters. The topological polar surface area (TPSA) is 32.5 Å². The van der Waals surface area contributed by atoms with Crippen LogP contribution in [0.4, 0.5) is 0 Å². The Bertz CT molecular complexity index is 456. The van der Waals surface area contributed by atoms with Gasteiger partial charge in [0, 0.05) is 42.2 Å². The fourth-order valence-electron chi connectivity index (χ4n) is 2.92. The normalized spacial score (nSPS) is 26.7. The van der Waals surface area contributed by atoms with Gasteiger partial charge in [-0.15, -0.1) is 0 Å². The molecular weight excluding hydrogens is 338 g/mol. The summed E-state index contributed by atoms with van der Waals surface area (Å²) in [5.74, 6) is 0. The fraction of sp³-hybridized carbons (Fsp3) is 0.600. The summed E-state index contributed by atoms with van der Waals surface area (Å²) in [7, 11) is 2.20. The van der Waals surface area contributed by atoms with Crippen LogP contribution in [-0.4, -0.2) is 48.6 Å². The number of rotatable bonds is 3. The first kappa shape index (κ1) is 16.2.